The summed E-state index contributed by atoms with van der Waals surface area (Å²) in [5.41, 5.74) is 0. The summed E-state index contributed by atoms with van der Waals surface area (Å²) in [6.45, 7) is 11.0. The van der Waals surface area contributed by atoms with Gasteiger partial charge in [-0.15, -0.1) is 0 Å². The van der Waals surface area contributed by atoms with Crippen molar-refractivity contribution in [1.29, 1.82) is 0 Å². The van der Waals surface area contributed by atoms with E-state index in [9.17, 15) is 0 Å². The maximum absolute atomic E-state index is 5.78. The van der Waals surface area contributed by atoms with Crippen LogP contribution < -0.4 is 0 Å². The maximum atomic E-state index is 5.78. The van der Waals surface area contributed by atoms with E-state index >= 15 is 0 Å². The summed E-state index contributed by atoms with van der Waals surface area (Å²) < 4.78 is 5.78. The molecule has 0 amide bonds. The van der Waals surface area contributed by atoms with Gasteiger partial charge in [-0.1, -0.05) is 27.7 Å². The van der Waals surface area contributed by atoms with Gasteiger partial charge >= 0.3 is 0 Å². The molecule has 1 nitrogen and oxygen atoms in total. The van der Waals surface area contributed by atoms with Gasteiger partial charge in [0.1, 0.15) is 0 Å². The summed E-state index contributed by atoms with van der Waals surface area (Å²) in [4.78, 5) is 0. The van der Waals surface area contributed by atoms with Gasteiger partial charge in [0.05, 0.1) is 6.10 Å². The quantitative estimate of drug-likeness (QED) is 0.525. The summed E-state index contributed by atoms with van der Waals surface area (Å²) in [6, 6.07) is 0.361. The van der Waals surface area contributed by atoms with E-state index in [1.165, 1.54) is 0 Å². The third kappa shape index (κ3) is 1.78. The molecule has 1 radical (unpaired) electrons. The molecule has 0 saturated carbocycles. The Balaban J connectivity index is 2.57. The molecule has 1 saturated heterocycles. The summed E-state index contributed by atoms with van der Waals surface area (Å²) in [5, 5.41) is 0.259. The van der Waals surface area contributed by atoms with Crippen molar-refractivity contribution in [2.24, 2.45) is 5.92 Å². The first-order valence-electron chi connectivity index (χ1n) is 4.45. The number of ether oxygens (including phenoxy) is 1. The Labute approximate surface area is 70.8 Å². The Morgan fingerprint density at radius 3 is 2.09 bits per heavy atom. The van der Waals surface area contributed by atoms with Gasteiger partial charge in [0.15, 0.2) is 7.28 Å². The predicted molar refractivity (Wildman–Crippen MR) is 49.0 cm³/mol. The molecule has 0 N–H and O–H groups in total. The van der Waals surface area contributed by atoms with E-state index in [0.717, 1.165) is 0 Å². The van der Waals surface area contributed by atoms with Gasteiger partial charge in [0, 0.05) is 6.00 Å². The van der Waals surface area contributed by atoms with Crippen LogP contribution in [0, 0.1) is 5.92 Å². The van der Waals surface area contributed by atoms with E-state index in [1.807, 2.05) is 0 Å². The zero-order valence-corrected chi connectivity index (χ0v) is 8.22. The third-order valence-corrected chi connectivity index (χ3v) is 2.66. The molecule has 2 unspecified atom stereocenters. The zero-order valence-electron chi connectivity index (χ0n) is 8.22. The van der Waals surface area contributed by atoms with E-state index in [0.29, 0.717) is 18.0 Å². The second-order valence-electron chi connectivity index (χ2n) is 4.47. The lowest BCUT2D eigenvalue weighted by molar-refractivity contribution is 0.0292. The third-order valence-electron chi connectivity index (χ3n) is 2.66. The van der Waals surface area contributed by atoms with Crippen LogP contribution in [0.2, 0.25) is 5.31 Å². The van der Waals surface area contributed by atoms with Gasteiger partial charge < -0.3 is 4.74 Å². The summed E-state index contributed by atoms with van der Waals surface area (Å²) >= 11 is 0. The van der Waals surface area contributed by atoms with E-state index in [4.69, 9.17) is 4.74 Å². The van der Waals surface area contributed by atoms with Crippen LogP contribution in [0.15, 0.2) is 0 Å². The van der Waals surface area contributed by atoms with Gasteiger partial charge in [-0.25, -0.2) is 0 Å². The highest BCUT2D eigenvalue weighted by atomic mass is 16.5. The molecule has 0 aliphatic carbocycles. The molecule has 2 heteroatoms. The van der Waals surface area contributed by atoms with Crippen molar-refractivity contribution in [1.82, 2.24) is 0 Å². The lowest BCUT2D eigenvalue weighted by atomic mass is 9.49. The molecule has 0 bridgehead atoms. The van der Waals surface area contributed by atoms with Crippen LogP contribution in [-0.4, -0.2) is 19.4 Å². The minimum absolute atomic E-state index is 0.259. The minimum atomic E-state index is 0.259. The summed E-state index contributed by atoms with van der Waals surface area (Å²) in [5.74, 6) is 0.610. The Kier molecular flexibility index (Phi) is 2.33. The van der Waals surface area contributed by atoms with Gasteiger partial charge in [0.25, 0.3) is 0 Å². The molecule has 11 heavy (non-hydrogen) atoms. The van der Waals surface area contributed by atoms with Crippen LogP contribution in [0.3, 0.4) is 0 Å². The molecule has 1 rings (SSSR count). The van der Waals surface area contributed by atoms with Crippen LogP contribution in [-0.2, 0) is 4.74 Å². The predicted octanol–water partition coefficient (Wildman–Crippen LogP) is 2.29. The van der Waals surface area contributed by atoms with Crippen LogP contribution in [0.4, 0.5) is 0 Å². The molecule has 1 fully saturated rings. The van der Waals surface area contributed by atoms with Crippen LogP contribution in [0.1, 0.15) is 34.6 Å². The van der Waals surface area contributed by atoms with Crippen molar-refractivity contribution < 1.29 is 4.74 Å². The van der Waals surface area contributed by atoms with Crippen molar-refractivity contribution in [2.75, 3.05) is 0 Å². The topological polar surface area (TPSA) is 9.23 Å². The van der Waals surface area contributed by atoms with Crippen molar-refractivity contribution in [2.45, 2.75) is 52.0 Å². The molecule has 0 aromatic heterocycles. The Hall–Kier alpha value is 0.0249. The van der Waals surface area contributed by atoms with Crippen molar-refractivity contribution in [3.05, 3.63) is 0 Å². The summed E-state index contributed by atoms with van der Waals surface area (Å²) in [6.07, 6.45) is 0.370. The first kappa shape index (κ1) is 9.12. The highest BCUT2D eigenvalue weighted by Crippen LogP contribution is 2.39. The Morgan fingerprint density at radius 2 is 1.91 bits per heavy atom. The second-order valence-corrected chi connectivity index (χ2v) is 4.47. The highest BCUT2D eigenvalue weighted by Gasteiger charge is 2.40. The molecule has 0 aromatic rings. The molecule has 63 valence electrons. The fourth-order valence-electron chi connectivity index (χ4n) is 1.36. The normalized spacial score (nSPS) is 35.8. The Bertz CT molecular complexity index is 142. The smallest absolute Gasteiger partial charge is 0.160 e. The van der Waals surface area contributed by atoms with E-state index < -0.39 is 0 Å². The average Bonchev–Trinajstić information content (AvgIpc) is 2.08. The maximum Gasteiger partial charge on any atom is 0.160 e. The fraction of sp³-hybridized carbons (Fsp3) is 1.00. The zero-order chi connectivity index (χ0) is 8.65. The first-order chi connectivity index (χ1) is 4.93. The van der Waals surface area contributed by atoms with Crippen molar-refractivity contribution >= 4 is 7.28 Å². The average molecular weight is 153 g/mol. The second kappa shape index (κ2) is 2.82. The SMILES string of the molecule is CC(C)C1[B]C(C)(C)C(C)O1. The van der Waals surface area contributed by atoms with Crippen LogP contribution in [0.5, 0.6) is 0 Å². The molecular formula is C9H18BO. The van der Waals surface area contributed by atoms with E-state index in [-0.39, 0.29) is 5.31 Å². The van der Waals surface area contributed by atoms with E-state index in [1.54, 1.807) is 0 Å². The monoisotopic (exact) mass is 153 g/mol. The molecular weight excluding hydrogens is 135 g/mol. The Morgan fingerprint density at radius 1 is 1.36 bits per heavy atom. The fourth-order valence-corrected chi connectivity index (χ4v) is 1.36. The van der Waals surface area contributed by atoms with Crippen molar-refractivity contribution in [3.63, 3.8) is 0 Å². The number of hydrogen-bond acceptors (Lipinski definition) is 1. The van der Waals surface area contributed by atoms with E-state index in [2.05, 4.69) is 41.9 Å². The van der Waals surface area contributed by atoms with Crippen molar-refractivity contribution in [3.8, 4) is 0 Å². The van der Waals surface area contributed by atoms with Gasteiger partial charge in [-0.05, 0) is 18.2 Å². The molecule has 0 spiro atoms. The van der Waals surface area contributed by atoms with Gasteiger partial charge in [0.2, 0.25) is 0 Å². The lowest BCUT2D eigenvalue weighted by Crippen LogP contribution is -2.22. The van der Waals surface area contributed by atoms with Gasteiger partial charge in [-0.2, -0.15) is 0 Å². The van der Waals surface area contributed by atoms with Gasteiger partial charge in [-0.3, -0.25) is 0 Å². The molecule has 1 heterocycles. The van der Waals surface area contributed by atoms with Crippen LogP contribution in [0.25, 0.3) is 0 Å². The standard InChI is InChI=1S/C9H18BO/c1-6(2)8-10-9(4,5)7(3)11-8/h6-8H,1-5H3. The first-order valence-corrected chi connectivity index (χ1v) is 4.45. The molecule has 0 aromatic carbocycles. The minimum Gasteiger partial charge on any atom is -0.384 e. The number of rotatable bonds is 1. The lowest BCUT2D eigenvalue weighted by Gasteiger charge is -2.20. The molecule has 1 aliphatic rings. The highest BCUT2D eigenvalue weighted by molar-refractivity contribution is 6.42. The van der Waals surface area contributed by atoms with Crippen LogP contribution >= 0.6 is 0 Å². The summed E-state index contributed by atoms with van der Waals surface area (Å²) in [7, 11) is 2.34. The largest absolute Gasteiger partial charge is 0.384 e. The molecule has 2 atom stereocenters. The number of hydrogen-bond donors (Lipinski definition) is 0. The molecule has 1 aliphatic heterocycles.